The summed E-state index contributed by atoms with van der Waals surface area (Å²) < 4.78 is 6.23. The minimum Gasteiger partial charge on any atom is -0.493 e. The average molecular weight is 355 g/mol. The van der Waals surface area contributed by atoms with E-state index in [9.17, 15) is 0 Å². The lowest BCUT2D eigenvalue weighted by atomic mass is 10.1. The molecule has 20 heavy (non-hydrogen) atoms. The lowest BCUT2D eigenvalue weighted by Gasteiger charge is -2.13. The normalized spacial score (nSPS) is 10.4. The van der Waals surface area contributed by atoms with Crippen LogP contribution in [-0.4, -0.2) is 7.11 Å². The maximum Gasteiger partial charge on any atom is 0.156 e. The summed E-state index contributed by atoms with van der Waals surface area (Å²) in [4.78, 5) is 0. The molecule has 0 aliphatic rings. The quantitative estimate of drug-likeness (QED) is 0.788. The molecule has 2 aromatic rings. The molecule has 0 radical (unpaired) electrons. The lowest BCUT2D eigenvalue weighted by Crippen LogP contribution is -2.02. The Kier molecular flexibility index (Phi) is 5.32. The molecule has 0 atom stereocenters. The Bertz CT molecular complexity index is 584. The number of aryl methyl sites for hydroxylation is 1. The zero-order valence-electron chi connectivity index (χ0n) is 11.5. The highest BCUT2D eigenvalue weighted by atomic mass is 79.9. The van der Waals surface area contributed by atoms with Crippen molar-refractivity contribution in [2.24, 2.45) is 0 Å². The lowest BCUT2D eigenvalue weighted by molar-refractivity contribution is 0.414. The van der Waals surface area contributed by atoms with Crippen LogP contribution in [0, 0.1) is 0 Å². The van der Waals surface area contributed by atoms with Crippen molar-refractivity contribution >= 4 is 33.2 Å². The number of anilines is 1. The van der Waals surface area contributed by atoms with Crippen molar-refractivity contribution in [1.29, 1.82) is 0 Å². The molecule has 2 rings (SSSR count). The second-order valence-electron chi connectivity index (χ2n) is 4.49. The Morgan fingerprint density at radius 3 is 2.40 bits per heavy atom. The molecule has 0 saturated carbocycles. The molecule has 0 amide bonds. The van der Waals surface area contributed by atoms with Gasteiger partial charge in [-0.15, -0.1) is 0 Å². The zero-order valence-corrected chi connectivity index (χ0v) is 13.9. The summed E-state index contributed by atoms with van der Waals surface area (Å²) in [6.45, 7) is 2.88. The second-order valence-corrected chi connectivity index (χ2v) is 5.78. The van der Waals surface area contributed by atoms with Gasteiger partial charge in [0.15, 0.2) is 5.75 Å². The molecule has 1 N–H and O–H groups in total. The van der Waals surface area contributed by atoms with E-state index in [-0.39, 0.29) is 0 Å². The third-order valence-electron chi connectivity index (χ3n) is 3.13. The first kappa shape index (κ1) is 15.2. The van der Waals surface area contributed by atoms with Gasteiger partial charge in [-0.3, -0.25) is 0 Å². The summed E-state index contributed by atoms with van der Waals surface area (Å²) in [5.41, 5.74) is 3.45. The fraction of sp³-hybridized carbons (Fsp3) is 0.250. The number of benzene rings is 2. The molecule has 0 fully saturated rings. The van der Waals surface area contributed by atoms with Crippen molar-refractivity contribution in [1.82, 2.24) is 0 Å². The van der Waals surface area contributed by atoms with Crippen molar-refractivity contribution in [2.75, 3.05) is 12.4 Å². The highest BCUT2D eigenvalue weighted by Gasteiger charge is 2.09. The maximum atomic E-state index is 6.07. The standard InChI is InChI=1S/C16H17BrClNO/c1-3-11-4-6-12(7-5-11)10-19-15-9-13(18)8-14(17)16(15)20-2/h4-9,19H,3,10H2,1-2H3. The summed E-state index contributed by atoms with van der Waals surface area (Å²) in [5, 5.41) is 4.03. The van der Waals surface area contributed by atoms with Gasteiger partial charge in [-0.1, -0.05) is 42.8 Å². The summed E-state index contributed by atoms with van der Waals surface area (Å²) >= 11 is 9.53. The molecule has 106 valence electrons. The third kappa shape index (κ3) is 3.68. The third-order valence-corrected chi connectivity index (χ3v) is 3.93. The predicted molar refractivity (Wildman–Crippen MR) is 88.9 cm³/mol. The van der Waals surface area contributed by atoms with Crippen LogP contribution in [0.15, 0.2) is 40.9 Å². The van der Waals surface area contributed by atoms with Crippen molar-refractivity contribution in [3.05, 3.63) is 57.0 Å². The smallest absolute Gasteiger partial charge is 0.156 e. The first-order chi connectivity index (χ1) is 9.63. The van der Waals surface area contributed by atoms with Crippen LogP contribution in [0.3, 0.4) is 0 Å². The second kappa shape index (κ2) is 7.00. The Hall–Kier alpha value is -1.19. The van der Waals surface area contributed by atoms with Crippen LogP contribution >= 0.6 is 27.5 Å². The van der Waals surface area contributed by atoms with Crippen molar-refractivity contribution in [2.45, 2.75) is 19.9 Å². The molecule has 0 spiro atoms. The SMILES string of the molecule is CCc1ccc(CNc2cc(Cl)cc(Br)c2OC)cc1. The predicted octanol–water partition coefficient (Wildman–Crippen LogP) is 5.29. The van der Waals surface area contributed by atoms with Crippen LogP contribution in [0.4, 0.5) is 5.69 Å². The van der Waals surface area contributed by atoms with Gasteiger partial charge in [0.25, 0.3) is 0 Å². The average Bonchev–Trinajstić information content (AvgIpc) is 2.45. The van der Waals surface area contributed by atoms with Gasteiger partial charge in [0.1, 0.15) is 0 Å². The summed E-state index contributed by atoms with van der Waals surface area (Å²) in [7, 11) is 1.65. The fourth-order valence-corrected chi connectivity index (χ4v) is 2.96. The topological polar surface area (TPSA) is 21.3 Å². The van der Waals surface area contributed by atoms with Crippen LogP contribution in [0.5, 0.6) is 5.75 Å². The van der Waals surface area contributed by atoms with Gasteiger partial charge in [-0.25, -0.2) is 0 Å². The Labute approximate surface area is 133 Å². The molecule has 0 unspecified atom stereocenters. The highest BCUT2D eigenvalue weighted by Crippen LogP contribution is 2.36. The van der Waals surface area contributed by atoms with Crippen molar-refractivity contribution < 1.29 is 4.74 Å². The monoisotopic (exact) mass is 353 g/mol. The molecule has 2 aromatic carbocycles. The van der Waals surface area contributed by atoms with Crippen molar-refractivity contribution in [3.63, 3.8) is 0 Å². The van der Waals surface area contributed by atoms with Crippen LogP contribution in [0.1, 0.15) is 18.1 Å². The van der Waals surface area contributed by atoms with Gasteiger partial charge in [-0.2, -0.15) is 0 Å². The number of halogens is 2. The molecule has 0 heterocycles. The molecule has 0 aromatic heterocycles. The Morgan fingerprint density at radius 2 is 1.80 bits per heavy atom. The van der Waals surface area contributed by atoms with E-state index in [0.717, 1.165) is 28.9 Å². The van der Waals surface area contributed by atoms with E-state index in [0.29, 0.717) is 5.02 Å². The fourth-order valence-electron chi connectivity index (χ4n) is 1.99. The number of nitrogens with one attached hydrogen (secondary N) is 1. The van der Waals surface area contributed by atoms with Gasteiger partial charge in [0.05, 0.1) is 17.3 Å². The summed E-state index contributed by atoms with van der Waals surface area (Å²) in [6, 6.07) is 12.3. The van der Waals surface area contributed by atoms with Crippen LogP contribution in [-0.2, 0) is 13.0 Å². The van der Waals surface area contributed by atoms with Crippen LogP contribution in [0.25, 0.3) is 0 Å². The molecule has 2 nitrogen and oxygen atoms in total. The molecule has 0 aliphatic carbocycles. The molecule has 0 saturated heterocycles. The number of hydrogen-bond acceptors (Lipinski definition) is 2. The van der Waals surface area contributed by atoms with Gasteiger partial charge in [0, 0.05) is 11.6 Å². The van der Waals surface area contributed by atoms with Crippen molar-refractivity contribution in [3.8, 4) is 5.75 Å². The minimum absolute atomic E-state index is 0.668. The van der Waals surface area contributed by atoms with E-state index in [1.54, 1.807) is 7.11 Å². The molecule has 0 bridgehead atoms. The molecular weight excluding hydrogens is 338 g/mol. The van der Waals surface area contributed by atoms with Gasteiger partial charge >= 0.3 is 0 Å². The van der Waals surface area contributed by atoms with Gasteiger partial charge in [0.2, 0.25) is 0 Å². The van der Waals surface area contributed by atoms with E-state index < -0.39 is 0 Å². The first-order valence-corrected chi connectivity index (χ1v) is 7.66. The summed E-state index contributed by atoms with van der Waals surface area (Å²) in [5.74, 6) is 0.763. The number of ether oxygens (including phenoxy) is 1. The molecule has 0 aliphatic heterocycles. The van der Waals surface area contributed by atoms with Gasteiger partial charge < -0.3 is 10.1 Å². The van der Waals surface area contributed by atoms with E-state index in [1.807, 2.05) is 12.1 Å². The highest BCUT2D eigenvalue weighted by molar-refractivity contribution is 9.10. The first-order valence-electron chi connectivity index (χ1n) is 6.48. The molecule has 4 heteroatoms. The number of hydrogen-bond donors (Lipinski definition) is 1. The summed E-state index contributed by atoms with van der Waals surface area (Å²) in [6.07, 6.45) is 1.06. The number of methoxy groups -OCH3 is 1. The van der Waals surface area contributed by atoms with E-state index in [2.05, 4.69) is 52.4 Å². The van der Waals surface area contributed by atoms with Gasteiger partial charge in [-0.05, 0) is 45.6 Å². The Morgan fingerprint density at radius 1 is 1.15 bits per heavy atom. The van der Waals surface area contributed by atoms with Crippen LogP contribution in [0.2, 0.25) is 5.02 Å². The Balaban J connectivity index is 2.13. The van der Waals surface area contributed by atoms with E-state index in [4.69, 9.17) is 16.3 Å². The van der Waals surface area contributed by atoms with E-state index in [1.165, 1.54) is 11.1 Å². The minimum atomic E-state index is 0.668. The van der Waals surface area contributed by atoms with E-state index >= 15 is 0 Å². The maximum absolute atomic E-state index is 6.07. The largest absolute Gasteiger partial charge is 0.493 e. The zero-order chi connectivity index (χ0) is 14.5. The molecular formula is C16H17BrClNO. The van der Waals surface area contributed by atoms with Crippen LogP contribution < -0.4 is 10.1 Å². The number of rotatable bonds is 5.